The third kappa shape index (κ3) is 5.18. The molecule has 0 bridgehead atoms. The molecule has 1 aliphatic heterocycles. The highest BCUT2D eigenvalue weighted by Gasteiger charge is 2.25. The molecule has 32 heavy (non-hydrogen) atoms. The number of halogens is 1. The van der Waals surface area contributed by atoms with Crippen LogP contribution in [0.1, 0.15) is 21.6 Å². The van der Waals surface area contributed by atoms with Crippen LogP contribution in [-0.4, -0.2) is 59.3 Å². The second-order valence-corrected chi connectivity index (χ2v) is 9.23. The number of carbonyl (C=O) groups is 2. The molecule has 4 rings (SSSR count). The van der Waals surface area contributed by atoms with Crippen LogP contribution in [0.4, 0.5) is 5.69 Å². The van der Waals surface area contributed by atoms with Crippen LogP contribution < -0.4 is 5.32 Å². The van der Waals surface area contributed by atoms with Crippen molar-refractivity contribution in [1.82, 2.24) is 14.8 Å². The fourth-order valence-corrected chi connectivity index (χ4v) is 4.77. The number of nitrogens with zero attached hydrogens (tertiary/aromatic N) is 3. The first-order chi connectivity index (χ1) is 15.4. The number of para-hydroxylation sites is 1. The van der Waals surface area contributed by atoms with E-state index in [1.54, 1.807) is 10.3 Å². The molecule has 0 saturated carbocycles. The van der Waals surface area contributed by atoms with E-state index < -0.39 is 0 Å². The summed E-state index contributed by atoms with van der Waals surface area (Å²) in [6.07, 6.45) is 0. The highest BCUT2D eigenvalue weighted by Crippen LogP contribution is 2.26. The maximum absolute atomic E-state index is 12.9. The molecule has 166 valence electrons. The summed E-state index contributed by atoms with van der Waals surface area (Å²) in [7, 11) is 0. The van der Waals surface area contributed by atoms with Gasteiger partial charge in [-0.3, -0.25) is 14.5 Å². The third-order valence-electron chi connectivity index (χ3n) is 5.57. The van der Waals surface area contributed by atoms with Gasteiger partial charge < -0.3 is 10.2 Å². The van der Waals surface area contributed by atoms with Crippen molar-refractivity contribution in [2.75, 3.05) is 38.0 Å². The van der Waals surface area contributed by atoms with Crippen molar-refractivity contribution < 1.29 is 9.59 Å². The Labute approximate surface area is 196 Å². The van der Waals surface area contributed by atoms with Crippen LogP contribution in [0.2, 0.25) is 5.02 Å². The smallest absolute Gasteiger partial charge is 0.273 e. The van der Waals surface area contributed by atoms with Crippen molar-refractivity contribution in [3.63, 3.8) is 0 Å². The number of rotatable bonds is 5. The Morgan fingerprint density at radius 1 is 1.06 bits per heavy atom. The zero-order valence-electron chi connectivity index (χ0n) is 18.1. The van der Waals surface area contributed by atoms with Crippen molar-refractivity contribution in [2.24, 2.45) is 0 Å². The Hall–Kier alpha value is -2.74. The van der Waals surface area contributed by atoms with Gasteiger partial charge in [-0.15, -0.1) is 11.3 Å². The number of aromatic nitrogens is 1. The lowest BCUT2D eigenvalue weighted by atomic mass is 10.1. The fourth-order valence-electron chi connectivity index (χ4n) is 3.79. The Balaban J connectivity index is 1.31. The van der Waals surface area contributed by atoms with Gasteiger partial charge in [-0.2, -0.15) is 0 Å². The Morgan fingerprint density at radius 3 is 2.44 bits per heavy atom. The normalized spacial score (nSPS) is 14.4. The molecule has 3 aromatic rings. The molecule has 6 nitrogen and oxygen atoms in total. The predicted molar refractivity (Wildman–Crippen MR) is 129 cm³/mol. The zero-order valence-corrected chi connectivity index (χ0v) is 19.7. The highest BCUT2D eigenvalue weighted by atomic mass is 35.5. The third-order valence-corrected chi connectivity index (χ3v) is 6.69. The standard InChI is InChI=1S/C24H25ClN4O2S/c1-16-5-3-6-17(2)22(16)27-21(30)14-28-9-11-29(12-10-28)24(31)20-15-32-23(26-20)18-7-4-8-19(25)13-18/h3-8,13,15H,9-12,14H2,1-2H3,(H,27,30). The number of aryl methyl sites for hydroxylation is 2. The van der Waals surface area contributed by atoms with Crippen LogP contribution in [0.5, 0.6) is 0 Å². The summed E-state index contributed by atoms with van der Waals surface area (Å²) in [5, 5.41) is 6.24. The average molecular weight is 469 g/mol. The molecule has 2 aromatic carbocycles. The molecular weight excluding hydrogens is 444 g/mol. The molecular formula is C24H25ClN4O2S. The van der Waals surface area contributed by atoms with Gasteiger partial charge in [-0.25, -0.2) is 4.98 Å². The monoisotopic (exact) mass is 468 g/mol. The van der Waals surface area contributed by atoms with Crippen LogP contribution in [0.3, 0.4) is 0 Å². The fraction of sp³-hybridized carbons (Fsp3) is 0.292. The van der Waals surface area contributed by atoms with Crippen LogP contribution in [0.15, 0.2) is 47.8 Å². The summed E-state index contributed by atoms with van der Waals surface area (Å²) in [5.74, 6) is -0.109. The van der Waals surface area contributed by atoms with Crippen molar-refractivity contribution >= 4 is 40.4 Å². The molecule has 1 aliphatic rings. The number of thiazole rings is 1. The largest absolute Gasteiger partial charge is 0.335 e. The lowest BCUT2D eigenvalue weighted by Gasteiger charge is -2.34. The predicted octanol–water partition coefficient (Wildman–Crippen LogP) is 4.48. The number of hydrogen-bond acceptors (Lipinski definition) is 5. The molecule has 0 unspecified atom stereocenters. The van der Waals surface area contributed by atoms with E-state index >= 15 is 0 Å². The van der Waals surface area contributed by atoms with E-state index in [1.165, 1.54) is 11.3 Å². The van der Waals surface area contributed by atoms with E-state index in [0.717, 1.165) is 27.4 Å². The topological polar surface area (TPSA) is 65.5 Å². The van der Waals surface area contributed by atoms with Crippen LogP contribution >= 0.6 is 22.9 Å². The number of hydrogen-bond donors (Lipinski definition) is 1. The molecule has 0 radical (unpaired) electrons. The van der Waals surface area contributed by atoms with Gasteiger partial charge >= 0.3 is 0 Å². The molecule has 1 saturated heterocycles. The molecule has 1 aromatic heterocycles. The van der Waals surface area contributed by atoms with Crippen molar-refractivity contribution in [3.8, 4) is 10.6 Å². The maximum atomic E-state index is 12.9. The van der Waals surface area contributed by atoms with Gasteiger partial charge in [0.2, 0.25) is 5.91 Å². The van der Waals surface area contributed by atoms with E-state index in [0.29, 0.717) is 43.4 Å². The van der Waals surface area contributed by atoms with Crippen molar-refractivity contribution in [3.05, 3.63) is 69.7 Å². The number of anilines is 1. The number of piperazine rings is 1. The van der Waals surface area contributed by atoms with Gasteiger partial charge in [-0.05, 0) is 37.1 Å². The van der Waals surface area contributed by atoms with Crippen LogP contribution in [0, 0.1) is 13.8 Å². The molecule has 8 heteroatoms. The van der Waals surface area contributed by atoms with E-state index in [9.17, 15) is 9.59 Å². The Kier molecular flexibility index (Phi) is 6.89. The number of carbonyl (C=O) groups excluding carboxylic acids is 2. The van der Waals surface area contributed by atoms with Crippen LogP contribution in [-0.2, 0) is 4.79 Å². The minimum atomic E-state index is -0.0748. The lowest BCUT2D eigenvalue weighted by molar-refractivity contribution is -0.117. The van der Waals surface area contributed by atoms with Gasteiger partial charge in [0.25, 0.3) is 5.91 Å². The van der Waals surface area contributed by atoms with Crippen molar-refractivity contribution in [2.45, 2.75) is 13.8 Å². The summed E-state index contributed by atoms with van der Waals surface area (Å²) >= 11 is 7.50. The Bertz CT molecular complexity index is 1120. The molecule has 0 atom stereocenters. The first kappa shape index (κ1) is 22.5. The van der Waals surface area contributed by atoms with Crippen molar-refractivity contribution in [1.29, 1.82) is 0 Å². The summed E-state index contributed by atoms with van der Waals surface area (Å²) in [6, 6.07) is 13.4. The minimum absolute atomic E-state index is 0.0344. The summed E-state index contributed by atoms with van der Waals surface area (Å²) in [4.78, 5) is 33.8. The van der Waals surface area contributed by atoms with Gasteiger partial charge in [0.15, 0.2) is 0 Å². The van der Waals surface area contributed by atoms with E-state index in [2.05, 4.69) is 15.2 Å². The average Bonchev–Trinajstić information content (AvgIpc) is 3.27. The molecule has 1 N–H and O–H groups in total. The number of benzene rings is 2. The summed E-state index contributed by atoms with van der Waals surface area (Å²) in [5.41, 5.74) is 4.33. The van der Waals surface area contributed by atoms with E-state index in [1.807, 2.05) is 56.3 Å². The number of nitrogens with one attached hydrogen (secondary N) is 1. The quantitative estimate of drug-likeness (QED) is 0.599. The van der Waals surface area contributed by atoms with Gasteiger partial charge in [0.1, 0.15) is 10.7 Å². The second-order valence-electron chi connectivity index (χ2n) is 7.93. The first-order valence-corrected chi connectivity index (χ1v) is 11.8. The van der Waals surface area contributed by atoms with Crippen LogP contribution in [0.25, 0.3) is 10.6 Å². The summed E-state index contributed by atoms with van der Waals surface area (Å²) < 4.78 is 0. The molecule has 0 spiro atoms. The summed E-state index contributed by atoms with van der Waals surface area (Å²) in [6.45, 7) is 6.73. The maximum Gasteiger partial charge on any atom is 0.273 e. The highest BCUT2D eigenvalue weighted by molar-refractivity contribution is 7.13. The zero-order chi connectivity index (χ0) is 22.7. The first-order valence-electron chi connectivity index (χ1n) is 10.5. The molecule has 0 aliphatic carbocycles. The second kappa shape index (κ2) is 9.81. The van der Waals surface area contributed by atoms with E-state index in [4.69, 9.17) is 11.6 Å². The van der Waals surface area contributed by atoms with Gasteiger partial charge in [0.05, 0.1) is 6.54 Å². The molecule has 1 fully saturated rings. The Morgan fingerprint density at radius 2 is 1.75 bits per heavy atom. The minimum Gasteiger partial charge on any atom is -0.335 e. The lowest BCUT2D eigenvalue weighted by Crippen LogP contribution is -2.50. The van der Waals surface area contributed by atoms with Gasteiger partial charge in [-0.1, -0.05) is 41.9 Å². The SMILES string of the molecule is Cc1cccc(C)c1NC(=O)CN1CCN(C(=O)c2csc(-c3cccc(Cl)c3)n2)CC1. The molecule has 2 amide bonds. The van der Waals surface area contributed by atoms with Gasteiger partial charge in [0, 0.05) is 47.8 Å². The molecule has 2 heterocycles. The van der Waals surface area contributed by atoms with E-state index in [-0.39, 0.29) is 11.8 Å². The number of amides is 2.